The van der Waals surface area contributed by atoms with Crippen LogP contribution >= 0.6 is 0 Å². The Morgan fingerprint density at radius 1 is 1.50 bits per heavy atom. The molecule has 0 atom stereocenters. The second kappa shape index (κ2) is 3.41. The number of rotatable bonds is 3. The molecule has 1 aromatic rings. The molecule has 0 amide bonds. The van der Waals surface area contributed by atoms with E-state index in [9.17, 15) is 8.42 Å². The summed E-state index contributed by atoms with van der Waals surface area (Å²) in [6.07, 6.45) is 4.23. The molecule has 88 valence electrons. The largest absolute Gasteiger partial charge is 0.334 e. The molecular weight excluding hydrogens is 228 g/mol. The predicted octanol–water partition coefficient (Wildman–Crippen LogP) is 1.53. The van der Waals surface area contributed by atoms with E-state index in [2.05, 4.69) is 10.1 Å². The Bertz CT molecular complexity index is 538. The number of nitrogens with zero attached hydrogens (tertiary/aromatic N) is 2. The topological polar surface area (TPSA) is 73.1 Å². The van der Waals surface area contributed by atoms with E-state index in [-0.39, 0.29) is 0 Å². The summed E-state index contributed by atoms with van der Waals surface area (Å²) in [5, 5.41) is 3.78. The summed E-state index contributed by atoms with van der Waals surface area (Å²) in [7, 11) is -3.17. The van der Waals surface area contributed by atoms with E-state index in [1.54, 1.807) is 0 Å². The first-order chi connectivity index (χ1) is 7.40. The maximum Gasteiger partial charge on any atom is 0.253 e. The number of hydrogen-bond donors (Lipinski definition) is 0. The van der Waals surface area contributed by atoms with Gasteiger partial charge in [-0.1, -0.05) is 11.2 Å². The van der Waals surface area contributed by atoms with Crippen molar-refractivity contribution in [2.75, 3.05) is 6.26 Å². The number of aromatic nitrogens is 2. The van der Waals surface area contributed by atoms with Crippen LogP contribution in [0.15, 0.2) is 10.6 Å². The van der Waals surface area contributed by atoms with Crippen molar-refractivity contribution in [3.8, 4) is 0 Å². The Kier molecular flexibility index (Phi) is 2.41. The lowest BCUT2D eigenvalue weighted by molar-refractivity contribution is 0.398. The highest BCUT2D eigenvalue weighted by molar-refractivity contribution is 7.91. The predicted molar refractivity (Wildman–Crippen MR) is 59.4 cm³/mol. The molecule has 5 nitrogen and oxygen atoms in total. The van der Waals surface area contributed by atoms with Crippen molar-refractivity contribution in [3.63, 3.8) is 0 Å². The third kappa shape index (κ3) is 1.57. The fraction of sp³-hybridized carbons (Fsp3) is 0.600. The van der Waals surface area contributed by atoms with Gasteiger partial charge in [-0.3, -0.25) is 0 Å². The van der Waals surface area contributed by atoms with Gasteiger partial charge in [0.1, 0.15) is 4.75 Å². The third-order valence-electron chi connectivity index (χ3n) is 3.02. The average Bonchev–Trinajstić information content (AvgIpc) is 2.90. The van der Waals surface area contributed by atoms with Gasteiger partial charge in [-0.15, -0.1) is 0 Å². The SMILES string of the molecule is C/C=C(\C)c1nc(C2(S(C)(=O)=O)CC2)no1. The molecule has 16 heavy (non-hydrogen) atoms. The molecule has 0 N–H and O–H groups in total. The highest BCUT2D eigenvalue weighted by atomic mass is 32.2. The third-order valence-corrected chi connectivity index (χ3v) is 5.03. The Morgan fingerprint density at radius 2 is 2.12 bits per heavy atom. The summed E-state index contributed by atoms with van der Waals surface area (Å²) in [6.45, 7) is 3.71. The molecule has 1 aliphatic carbocycles. The second-order valence-electron chi connectivity index (χ2n) is 4.16. The van der Waals surface area contributed by atoms with E-state index in [0.29, 0.717) is 24.6 Å². The van der Waals surface area contributed by atoms with Crippen molar-refractivity contribution < 1.29 is 12.9 Å². The average molecular weight is 242 g/mol. The Balaban J connectivity index is 2.41. The normalized spacial score (nSPS) is 19.8. The molecular formula is C10H14N2O3S. The molecule has 1 heterocycles. The molecule has 0 unspecified atom stereocenters. The van der Waals surface area contributed by atoms with E-state index in [4.69, 9.17) is 4.52 Å². The van der Waals surface area contributed by atoms with Crippen LogP contribution in [0, 0.1) is 0 Å². The molecule has 1 fully saturated rings. The quantitative estimate of drug-likeness (QED) is 0.803. The molecule has 2 rings (SSSR count). The highest BCUT2D eigenvalue weighted by Gasteiger charge is 2.57. The maximum atomic E-state index is 11.6. The Hall–Kier alpha value is -1.17. The van der Waals surface area contributed by atoms with Crippen molar-refractivity contribution in [2.45, 2.75) is 31.4 Å². The monoisotopic (exact) mass is 242 g/mol. The van der Waals surface area contributed by atoms with Gasteiger partial charge in [0, 0.05) is 11.8 Å². The maximum absolute atomic E-state index is 11.6. The second-order valence-corrected chi connectivity index (χ2v) is 6.49. The molecule has 0 aliphatic heterocycles. The van der Waals surface area contributed by atoms with E-state index >= 15 is 0 Å². The minimum atomic E-state index is -3.17. The lowest BCUT2D eigenvalue weighted by Gasteiger charge is -2.06. The number of sulfone groups is 1. The molecule has 0 radical (unpaired) electrons. The summed E-state index contributed by atoms with van der Waals surface area (Å²) in [5.74, 6) is 0.693. The first-order valence-corrected chi connectivity index (χ1v) is 6.97. The van der Waals surface area contributed by atoms with Gasteiger partial charge in [-0.05, 0) is 26.7 Å². The fourth-order valence-electron chi connectivity index (χ4n) is 1.57. The summed E-state index contributed by atoms with van der Waals surface area (Å²) in [5.41, 5.74) is 0.850. The van der Waals surface area contributed by atoms with Gasteiger partial charge in [0.25, 0.3) is 5.89 Å². The molecule has 0 saturated heterocycles. The molecule has 0 spiro atoms. The summed E-state index contributed by atoms with van der Waals surface area (Å²) in [6, 6.07) is 0. The molecule has 1 aromatic heterocycles. The van der Waals surface area contributed by atoms with Gasteiger partial charge in [0.2, 0.25) is 0 Å². The van der Waals surface area contributed by atoms with E-state index < -0.39 is 14.6 Å². The first kappa shape index (κ1) is 11.3. The zero-order valence-electron chi connectivity index (χ0n) is 9.52. The van der Waals surface area contributed by atoms with Crippen LogP contribution in [0.3, 0.4) is 0 Å². The van der Waals surface area contributed by atoms with Crippen LogP contribution < -0.4 is 0 Å². The zero-order chi connectivity index (χ0) is 12.0. The Morgan fingerprint density at radius 3 is 2.56 bits per heavy atom. The highest BCUT2D eigenvalue weighted by Crippen LogP contribution is 2.51. The van der Waals surface area contributed by atoms with Crippen molar-refractivity contribution >= 4 is 15.4 Å². The van der Waals surface area contributed by atoms with Crippen LogP contribution in [-0.2, 0) is 14.6 Å². The molecule has 0 bridgehead atoms. The molecule has 1 aliphatic rings. The lowest BCUT2D eigenvalue weighted by Crippen LogP contribution is -2.20. The van der Waals surface area contributed by atoms with Crippen molar-refractivity contribution in [3.05, 3.63) is 17.8 Å². The van der Waals surface area contributed by atoms with E-state index in [1.165, 1.54) is 6.26 Å². The number of hydrogen-bond acceptors (Lipinski definition) is 5. The van der Waals surface area contributed by atoms with Crippen molar-refractivity contribution in [1.82, 2.24) is 10.1 Å². The fourth-order valence-corrected chi connectivity index (χ4v) is 2.82. The van der Waals surface area contributed by atoms with Gasteiger partial charge >= 0.3 is 0 Å². The minimum absolute atomic E-state index is 0.297. The summed E-state index contributed by atoms with van der Waals surface area (Å²) < 4.78 is 27.4. The first-order valence-electron chi connectivity index (χ1n) is 5.08. The lowest BCUT2D eigenvalue weighted by atomic mass is 10.3. The summed E-state index contributed by atoms with van der Waals surface area (Å²) >= 11 is 0. The van der Waals surface area contributed by atoms with Gasteiger partial charge in [0.05, 0.1) is 0 Å². The van der Waals surface area contributed by atoms with Gasteiger partial charge in [-0.25, -0.2) is 8.42 Å². The molecule has 1 saturated carbocycles. The molecule has 6 heteroatoms. The zero-order valence-corrected chi connectivity index (χ0v) is 10.3. The van der Waals surface area contributed by atoms with Crippen LogP contribution in [0.5, 0.6) is 0 Å². The standard InChI is InChI=1S/C10H14N2O3S/c1-4-7(2)8-11-9(12-15-8)10(5-6-10)16(3,13)14/h4H,5-6H2,1-3H3/b7-4+. The van der Waals surface area contributed by atoms with E-state index in [1.807, 2.05) is 19.9 Å². The van der Waals surface area contributed by atoms with Crippen molar-refractivity contribution in [1.29, 1.82) is 0 Å². The van der Waals surface area contributed by atoms with Crippen LogP contribution in [0.4, 0.5) is 0 Å². The number of allylic oxidation sites excluding steroid dienone is 2. The smallest absolute Gasteiger partial charge is 0.253 e. The van der Waals surface area contributed by atoms with Gasteiger partial charge in [-0.2, -0.15) is 4.98 Å². The minimum Gasteiger partial charge on any atom is -0.334 e. The summed E-state index contributed by atoms with van der Waals surface area (Å²) in [4.78, 5) is 4.16. The van der Waals surface area contributed by atoms with E-state index in [0.717, 1.165) is 5.57 Å². The van der Waals surface area contributed by atoms with Gasteiger partial charge < -0.3 is 4.52 Å². The Labute approximate surface area is 94.5 Å². The van der Waals surface area contributed by atoms with Gasteiger partial charge in [0.15, 0.2) is 15.7 Å². The van der Waals surface area contributed by atoms with Crippen LogP contribution in [0.1, 0.15) is 38.4 Å². The van der Waals surface area contributed by atoms with Crippen LogP contribution in [0.25, 0.3) is 5.57 Å². The van der Waals surface area contributed by atoms with Crippen molar-refractivity contribution in [2.24, 2.45) is 0 Å². The van der Waals surface area contributed by atoms with Crippen LogP contribution in [-0.4, -0.2) is 24.8 Å². The van der Waals surface area contributed by atoms with Crippen LogP contribution in [0.2, 0.25) is 0 Å². The molecule has 0 aromatic carbocycles.